The van der Waals surface area contributed by atoms with E-state index >= 15 is 0 Å². The van der Waals surface area contributed by atoms with Gasteiger partial charge in [0.25, 0.3) is 0 Å². The number of carbonyl (C=O) groups is 1. The molecule has 1 amide bonds. The van der Waals surface area contributed by atoms with Gasteiger partial charge in [-0.25, -0.2) is 4.68 Å². The summed E-state index contributed by atoms with van der Waals surface area (Å²) in [7, 11) is 0. The van der Waals surface area contributed by atoms with Crippen LogP contribution in [-0.2, 0) is 4.79 Å². The molecule has 1 aromatic heterocycles. The number of benzene rings is 2. The molecule has 2 aliphatic heterocycles. The Balaban J connectivity index is 1.51. The lowest BCUT2D eigenvalue weighted by Crippen LogP contribution is -2.45. The van der Waals surface area contributed by atoms with Crippen molar-refractivity contribution >= 4 is 17.7 Å². The molecule has 2 atom stereocenters. The van der Waals surface area contributed by atoms with Gasteiger partial charge >= 0.3 is 0 Å². The largest absolute Gasteiger partial charge is 0.494 e. The van der Waals surface area contributed by atoms with E-state index in [1.165, 1.54) is 11.8 Å². The summed E-state index contributed by atoms with van der Waals surface area (Å²) in [5, 5.41) is 9.19. The number of rotatable bonds is 5. The van der Waals surface area contributed by atoms with Gasteiger partial charge in [0, 0.05) is 18.7 Å². The van der Waals surface area contributed by atoms with Crippen molar-refractivity contribution in [1.29, 1.82) is 0 Å². The van der Waals surface area contributed by atoms with Crippen LogP contribution in [0.15, 0.2) is 59.8 Å². The van der Waals surface area contributed by atoms with Gasteiger partial charge in [-0.2, -0.15) is 0 Å². The van der Waals surface area contributed by atoms with Crippen molar-refractivity contribution < 1.29 is 9.53 Å². The molecule has 3 heterocycles. The van der Waals surface area contributed by atoms with Gasteiger partial charge in [-0.05, 0) is 37.5 Å². The van der Waals surface area contributed by atoms with Crippen molar-refractivity contribution in [2.24, 2.45) is 0 Å². The molecule has 0 unspecified atom stereocenters. The first kappa shape index (κ1) is 19.9. The first-order valence-corrected chi connectivity index (χ1v) is 11.6. The van der Waals surface area contributed by atoms with Gasteiger partial charge in [0.05, 0.1) is 12.6 Å². The third-order valence-electron chi connectivity index (χ3n) is 5.68. The summed E-state index contributed by atoms with van der Waals surface area (Å²) in [6, 6.07) is 17.7. The zero-order valence-electron chi connectivity index (χ0n) is 17.4. The summed E-state index contributed by atoms with van der Waals surface area (Å²) in [5.41, 5.74) is 5.56. The summed E-state index contributed by atoms with van der Waals surface area (Å²) in [5.74, 6) is 1.72. The summed E-state index contributed by atoms with van der Waals surface area (Å²) >= 11 is 1.49. The van der Waals surface area contributed by atoms with E-state index in [9.17, 15) is 4.79 Å². The molecule has 1 fully saturated rings. The highest BCUT2D eigenvalue weighted by Crippen LogP contribution is 2.40. The molecule has 1 saturated heterocycles. The molecule has 2 aromatic carbocycles. The van der Waals surface area contributed by atoms with Gasteiger partial charge in [0.2, 0.25) is 11.1 Å². The maximum absolute atomic E-state index is 13.4. The Morgan fingerprint density at radius 1 is 1.10 bits per heavy atom. The Morgan fingerprint density at radius 3 is 2.55 bits per heavy atom. The van der Waals surface area contributed by atoms with Crippen molar-refractivity contribution in [3.63, 3.8) is 0 Å². The van der Waals surface area contributed by atoms with Crippen LogP contribution in [0.4, 0.5) is 0 Å². The highest BCUT2D eigenvalue weighted by Gasteiger charge is 2.40. The average molecular weight is 436 g/mol. The van der Waals surface area contributed by atoms with Crippen molar-refractivity contribution in [1.82, 2.24) is 19.8 Å². The third-order valence-corrected chi connectivity index (χ3v) is 6.88. The topological polar surface area (TPSA) is 72.3 Å². The lowest BCUT2D eigenvalue weighted by atomic mass is 10.0. The van der Waals surface area contributed by atoms with Crippen LogP contribution in [0, 0.1) is 0 Å². The third kappa shape index (κ3) is 3.87. The normalized spacial score (nSPS) is 20.2. The Labute approximate surface area is 185 Å². The first-order chi connectivity index (χ1) is 15.2. The predicted octanol–water partition coefficient (Wildman–Crippen LogP) is 3.73. The smallest absolute Gasteiger partial charge is 0.238 e. The summed E-state index contributed by atoms with van der Waals surface area (Å²) in [4.78, 5) is 15.4. The average Bonchev–Trinajstić information content (AvgIpc) is 3.49. The minimum absolute atomic E-state index is 0.157. The number of nitrogens with zero attached hydrogens (tertiary/aromatic N) is 4. The fraction of sp³-hybridized carbons (Fsp3) is 0.348. The zero-order valence-corrected chi connectivity index (χ0v) is 18.2. The van der Waals surface area contributed by atoms with Crippen LogP contribution in [0.1, 0.15) is 31.4 Å². The Bertz CT molecular complexity index is 1050. The van der Waals surface area contributed by atoms with E-state index in [-0.39, 0.29) is 17.2 Å². The van der Waals surface area contributed by atoms with E-state index in [4.69, 9.17) is 4.74 Å². The van der Waals surface area contributed by atoms with Crippen molar-refractivity contribution in [3.8, 4) is 17.1 Å². The highest BCUT2D eigenvalue weighted by atomic mass is 32.2. The second-order valence-electron chi connectivity index (χ2n) is 7.69. The molecule has 160 valence electrons. The van der Waals surface area contributed by atoms with Crippen LogP contribution in [0.2, 0.25) is 0 Å². The molecule has 0 bridgehead atoms. The van der Waals surface area contributed by atoms with E-state index in [2.05, 4.69) is 15.6 Å². The molecular weight excluding hydrogens is 410 g/mol. The van der Waals surface area contributed by atoms with Crippen LogP contribution in [0.3, 0.4) is 0 Å². The summed E-state index contributed by atoms with van der Waals surface area (Å²) < 4.78 is 7.51. The molecule has 0 aliphatic carbocycles. The molecule has 1 N–H and O–H groups in total. The SMILES string of the molecule is CCOc1ccc([C@H]2Nn3c(nnc3-c3ccccc3)S[C@@H]2C(=O)N2CCCC2)cc1. The number of amides is 1. The Morgan fingerprint density at radius 2 is 1.84 bits per heavy atom. The minimum Gasteiger partial charge on any atom is -0.494 e. The number of likely N-dealkylation sites (tertiary alicyclic amines) is 1. The summed E-state index contributed by atoms with van der Waals surface area (Å²) in [6.45, 7) is 4.25. The molecule has 8 heteroatoms. The molecule has 0 spiro atoms. The fourth-order valence-electron chi connectivity index (χ4n) is 4.12. The number of hydrogen-bond acceptors (Lipinski definition) is 6. The van der Waals surface area contributed by atoms with E-state index in [0.29, 0.717) is 11.8 Å². The molecule has 31 heavy (non-hydrogen) atoms. The first-order valence-electron chi connectivity index (χ1n) is 10.7. The lowest BCUT2D eigenvalue weighted by molar-refractivity contribution is -0.129. The molecule has 7 nitrogen and oxygen atoms in total. The van der Waals surface area contributed by atoms with Crippen molar-refractivity contribution in [2.45, 2.75) is 36.2 Å². The lowest BCUT2D eigenvalue weighted by Gasteiger charge is -2.35. The van der Waals surface area contributed by atoms with E-state index in [0.717, 1.165) is 48.6 Å². The van der Waals surface area contributed by atoms with Crippen LogP contribution in [-0.4, -0.2) is 50.6 Å². The Hall–Kier alpha value is -3.00. The monoisotopic (exact) mass is 435 g/mol. The quantitative estimate of drug-likeness (QED) is 0.659. The second kappa shape index (κ2) is 8.63. The van der Waals surface area contributed by atoms with E-state index < -0.39 is 0 Å². The van der Waals surface area contributed by atoms with E-state index in [1.54, 1.807) is 0 Å². The van der Waals surface area contributed by atoms with E-state index in [1.807, 2.05) is 71.1 Å². The predicted molar refractivity (Wildman–Crippen MR) is 121 cm³/mol. The molecule has 3 aromatic rings. The maximum atomic E-state index is 13.4. The maximum Gasteiger partial charge on any atom is 0.238 e. The number of hydrogen-bond donors (Lipinski definition) is 1. The number of nitrogens with one attached hydrogen (secondary N) is 1. The minimum atomic E-state index is -0.309. The fourth-order valence-corrected chi connectivity index (χ4v) is 5.29. The van der Waals surface area contributed by atoms with Crippen LogP contribution >= 0.6 is 11.8 Å². The van der Waals surface area contributed by atoms with Crippen molar-refractivity contribution in [2.75, 3.05) is 25.1 Å². The van der Waals surface area contributed by atoms with Gasteiger partial charge < -0.3 is 15.1 Å². The van der Waals surface area contributed by atoms with Crippen LogP contribution in [0.5, 0.6) is 5.75 Å². The molecule has 2 aliphatic rings. The number of fused-ring (bicyclic) bond motifs is 1. The van der Waals surface area contributed by atoms with Gasteiger partial charge in [-0.3, -0.25) is 4.79 Å². The van der Waals surface area contributed by atoms with Crippen LogP contribution in [0.25, 0.3) is 11.4 Å². The van der Waals surface area contributed by atoms with Gasteiger partial charge in [0.1, 0.15) is 11.0 Å². The molecule has 5 rings (SSSR count). The van der Waals surface area contributed by atoms with Crippen molar-refractivity contribution in [3.05, 3.63) is 60.2 Å². The van der Waals surface area contributed by atoms with Crippen LogP contribution < -0.4 is 10.2 Å². The highest BCUT2D eigenvalue weighted by molar-refractivity contribution is 8.00. The zero-order chi connectivity index (χ0) is 21.2. The van der Waals surface area contributed by atoms with Gasteiger partial charge in [-0.1, -0.05) is 54.2 Å². The molecule has 0 radical (unpaired) electrons. The van der Waals surface area contributed by atoms with Gasteiger partial charge in [0.15, 0.2) is 5.82 Å². The molecule has 0 saturated carbocycles. The van der Waals surface area contributed by atoms with Gasteiger partial charge in [-0.15, -0.1) is 10.2 Å². The number of carbonyl (C=O) groups excluding carboxylic acids is 1. The summed E-state index contributed by atoms with van der Waals surface area (Å²) in [6.07, 6.45) is 2.14. The Kier molecular flexibility index (Phi) is 5.55. The standard InChI is InChI=1S/C23H25N5O2S/c1-2-30-18-12-10-16(11-13-18)19-20(22(29)27-14-6-7-15-27)31-23-25-24-21(28(23)26-19)17-8-4-3-5-9-17/h3-5,8-13,19-20,26H,2,6-7,14-15H2,1H3/t19-,20+/m1/s1. The number of aromatic nitrogens is 3. The molecular formula is C23H25N5O2S. The number of ether oxygens (including phenoxy) is 1. The second-order valence-corrected chi connectivity index (χ2v) is 8.80. The number of thioether (sulfide) groups is 1.